The third-order valence-electron chi connectivity index (χ3n) is 5.43. The molecule has 6 heteroatoms. The Balaban J connectivity index is 1.46. The number of nitrogens with zero attached hydrogens (tertiary/aromatic N) is 3. The fourth-order valence-corrected chi connectivity index (χ4v) is 4.01. The molecule has 2 saturated heterocycles. The van der Waals surface area contributed by atoms with Gasteiger partial charge in [-0.25, -0.2) is 9.78 Å². The quantitative estimate of drug-likeness (QED) is 0.921. The Kier molecular flexibility index (Phi) is 4.73. The number of piperidine rings is 1. The van der Waals surface area contributed by atoms with Crippen LogP contribution in [-0.2, 0) is 0 Å². The van der Waals surface area contributed by atoms with Crippen LogP contribution in [0.3, 0.4) is 0 Å². The van der Waals surface area contributed by atoms with E-state index < -0.39 is 0 Å². The highest BCUT2D eigenvalue weighted by Gasteiger charge is 2.26. The highest BCUT2D eigenvalue weighted by atomic mass is 16.2. The lowest BCUT2D eigenvalue weighted by molar-refractivity contribution is 0.0706. The first kappa shape index (κ1) is 16.8. The molecule has 2 fully saturated rings. The van der Waals surface area contributed by atoms with Crippen molar-refractivity contribution in [3.8, 4) is 0 Å². The fraction of sp³-hybridized carbons (Fsp3) is 0.450. The number of carbonyl (C=O) groups is 1. The summed E-state index contributed by atoms with van der Waals surface area (Å²) in [5.74, 6) is 0.228. The number of carbonyl (C=O) groups excluding carboxylic acids is 1. The van der Waals surface area contributed by atoms with Crippen molar-refractivity contribution in [2.24, 2.45) is 0 Å². The van der Waals surface area contributed by atoms with Gasteiger partial charge in [-0.3, -0.25) is 4.79 Å². The largest absolute Gasteiger partial charge is 0.372 e. The van der Waals surface area contributed by atoms with Gasteiger partial charge in [0.2, 0.25) is 0 Å². The molecule has 6 nitrogen and oxygen atoms in total. The van der Waals surface area contributed by atoms with Crippen molar-refractivity contribution in [2.45, 2.75) is 31.6 Å². The summed E-state index contributed by atoms with van der Waals surface area (Å²) in [5, 5.41) is 0. The lowest BCUT2D eigenvalue weighted by Gasteiger charge is -2.32. The van der Waals surface area contributed by atoms with Gasteiger partial charge >= 0.3 is 5.69 Å². The molecule has 136 valence electrons. The number of anilines is 1. The number of nitrogens with one attached hydrogen (secondary N) is 1. The Hall–Kier alpha value is -2.63. The minimum atomic E-state index is -0.330. The zero-order chi connectivity index (χ0) is 17.9. The van der Waals surface area contributed by atoms with E-state index >= 15 is 0 Å². The maximum atomic E-state index is 12.9. The first-order valence-corrected chi connectivity index (χ1v) is 9.40. The molecule has 1 aromatic carbocycles. The molecule has 2 aliphatic rings. The van der Waals surface area contributed by atoms with Crippen molar-refractivity contribution >= 4 is 11.6 Å². The number of amides is 1. The van der Waals surface area contributed by atoms with Crippen molar-refractivity contribution in [2.75, 3.05) is 31.1 Å². The number of rotatable bonds is 3. The van der Waals surface area contributed by atoms with Crippen LogP contribution in [0.15, 0.2) is 41.3 Å². The second-order valence-corrected chi connectivity index (χ2v) is 7.16. The molecular formula is C20H24N4O2. The van der Waals surface area contributed by atoms with Crippen LogP contribution in [-0.4, -0.2) is 47.0 Å². The van der Waals surface area contributed by atoms with Gasteiger partial charge in [-0.1, -0.05) is 0 Å². The number of hydrogen-bond donors (Lipinski definition) is 1. The minimum Gasteiger partial charge on any atom is -0.372 e. The summed E-state index contributed by atoms with van der Waals surface area (Å²) in [6, 6.07) is 9.83. The monoisotopic (exact) mass is 352 g/mol. The Labute approximate surface area is 152 Å². The highest BCUT2D eigenvalue weighted by Crippen LogP contribution is 2.26. The van der Waals surface area contributed by atoms with Crippen LogP contribution in [0.5, 0.6) is 0 Å². The molecule has 0 saturated carbocycles. The SMILES string of the molecule is O=C(c1ccc(N2CCCC2)cc1)N1CCC[C@@H](c2ccnc(=O)[nH]2)C1. The van der Waals surface area contributed by atoms with E-state index in [2.05, 4.69) is 27.0 Å². The van der Waals surface area contributed by atoms with Crippen molar-refractivity contribution in [3.63, 3.8) is 0 Å². The molecule has 3 heterocycles. The second kappa shape index (κ2) is 7.32. The molecule has 0 bridgehead atoms. The summed E-state index contributed by atoms with van der Waals surface area (Å²) in [6.45, 7) is 3.60. The summed E-state index contributed by atoms with van der Waals surface area (Å²) in [4.78, 5) is 35.1. The molecule has 26 heavy (non-hydrogen) atoms. The molecule has 2 aromatic rings. The predicted octanol–water partition coefficient (Wildman–Crippen LogP) is 2.39. The third kappa shape index (κ3) is 3.49. The summed E-state index contributed by atoms with van der Waals surface area (Å²) in [5.41, 5.74) is 2.47. The standard InChI is InChI=1S/C20H24N4O2/c25-19(15-5-7-17(8-6-15)23-11-1-2-12-23)24-13-3-4-16(14-24)18-9-10-21-20(26)22-18/h5-10,16H,1-4,11-14H2,(H,21,22,26)/t16-/m1/s1. The summed E-state index contributed by atoms with van der Waals surface area (Å²) >= 11 is 0. The Morgan fingerprint density at radius 1 is 1.04 bits per heavy atom. The number of hydrogen-bond acceptors (Lipinski definition) is 4. The molecule has 2 aliphatic heterocycles. The Morgan fingerprint density at radius 3 is 2.54 bits per heavy atom. The number of benzene rings is 1. The lowest BCUT2D eigenvalue weighted by atomic mass is 9.94. The van der Waals surface area contributed by atoms with Gasteiger partial charge < -0.3 is 14.8 Å². The van der Waals surface area contributed by atoms with Gasteiger partial charge in [-0.05, 0) is 56.0 Å². The molecule has 1 N–H and O–H groups in total. The number of aromatic amines is 1. The average Bonchev–Trinajstić information content (AvgIpc) is 3.22. The Bertz CT molecular complexity index is 824. The van der Waals surface area contributed by atoms with Gasteiger partial charge in [-0.15, -0.1) is 0 Å². The lowest BCUT2D eigenvalue weighted by Crippen LogP contribution is -2.39. The topological polar surface area (TPSA) is 69.3 Å². The van der Waals surface area contributed by atoms with Crippen LogP contribution in [0.2, 0.25) is 0 Å². The van der Waals surface area contributed by atoms with E-state index in [0.29, 0.717) is 6.54 Å². The van der Waals surface area contributed by atoms with E-state index in [1.807, 2.05) is 23.1 Å². The molecule has 0 aliphatic carbocycles. The molecule has 0 unspecified atom stereocenters. The van der Waals surface area contributed by atoms with E-state index in [0.717, 1.165) is 43.7 Å². The van der Waals surface area contributed by atoms with E-state index in [-0.39, 0.29) is 17.5 Å². The summed E-state index contributed by atoms with van der Waals surface area (Å²) < 4.78 is 0. The third-order valence-corrected chi connectivity index (χ3v) is 5.43. The first-order valence-electron chi connectivity index (χ1n) is 9.40. The van der Waals surface area contributed by atoms with Crippen LogP contribution in [0.1, 0.15) is 47.7 Å². The van der Waals surface area contributed by atoms with Crippen LogP contribution < -0.4 is 10.6 Å². The smallest absolute Gasteiger partial charge is 0.345 e. The van der Waals surface area contributed by atoms with Crippen molar-refractivity contribution < 1.29 is 4.79 Å². The summed E-state index contributed by atoms with van der Waals surface area (Å²) in [7, 11) is 0. The van der Waals surface area contributed by atoms with Crippen molar-refractivity contribution in [1.29, 1.82) is 0 Å². The van der Waals surface area contributed by atoms with Crippen LogP contribution >= 0.6 is 0 Å². The maximum Gasteiger partial charge on any atom is 0.345 e. The van der Waals surface area contributed by atoms with Crippen molar-refractivity contribution in [3.05, 3.63) is 58.3 Å². The number of aromatic nitrogens is 2. The molecular weight excluding hydrogens is 328 g/mol. The average molecular weight is 352 g/mol. The van der Waals surface area contributed by atoms with Gasteiger partial charge in [0.25, 0.3) is 5.91 Å². The zero-order valence-electron chi connectivity index (χ0n) is 14.9. The molecule has 0 spiro atoms. The number of likely N-dealkylation sites (tertiary alicyclic amines) is 1. The Morgan fingerprint density at radius 2 is 1.81 bits per heavy atom. The fourth-order valence-electron chi connectivity index (χ4n) is 4.01. The molecule has 0 radical (unpaired) electrons. The van der Waals surface area contributed by atoms with E-state index in [1.54, 1.807) is 0 Å². The molecule has 4 rings (SSSR count). The minimum absolute atomic E-state index is 0.0686. The first-order chi connectivity index (χ1) is 12.7. The summed E-state index contributed by atoms with van der Waals surface area (Å²) in [6.07, 6.45) is 5.93. The molecule has 1 atom stereocenters. The van der Waals surface area contributed by atoms with Gasteiger partial charge in [-0.2, -0.15) is 0 Å². The molecule has 1 amide bonds. The predicted molar refractivity (Wildman–Crippen MR) is 101 cm³/mol. The van der Waals surface area contributed by atoms with Gasteiger partial charge in [0.05, 0.1) is 0 Å². The van der Waals surface area contributed by atoms with E-state index in [4.69, 9.17) is 0 Å². The van der Waals surface area contributed by atoms with E-state index in [1.165, 1.54) is 24.7 Å². The van der Waals surface area contributed by atoms with Crippen LogP contribution in [0, 0.1) is 0 Å². The maximum absolute atomic E-state index is 12.9. The second-order valence-electron chi connectivity index (χ2n) is 7.16. The normalized spacial score (nSPS) is 20.4. The van der Waals surface area contributed by atoms with Gasteiger partial charge in [0.15, 0.2) is 0 Å². The van der Waals surface area contributed by atoms with Crippen LogP contribution in [0.25, 0.3) is 0 Å². The highest BCUT2D eigenvalue weighted by molar-refractivity contribution is 5.94. The van der Waals surface area contributed by atoms with E-state index in [9.17, 15) is 9.59 Å². The van der Waals surface area contributed by atoms with Gasteiger partial charge in [0, 0.05) is 55.2 Å². The van der Waals surface area contributed by atoms with Gasteiger partial charge in [0.1, 0.15) is 0 Å². The molecule has 1 aromatic heterocycles. The number of H-pyrrole nitrogens is 1. The zero-order valence-corrected chi connectivity index (χ0v) is 14.9. The van der Waals surface area contributed by atoms with Crippen LogP contribution in [0.4, 0.5) is 5.69 Å². The van der Waals surface area contributed by atoms with Crippen molar-refractivity contribution in [1.82, 2.24) is 14.9 Å².